The smallest absolute Gasteiger partial charge is 0.213 e. The molecule has 1 saturated carbocycles. The van der Waals surface area contributed by atoms with Crippen LogP contribution in [0, 0.1) is 11.8 Å². The highest BCUT2D eigenvalue weighted by Crippen LogP contribution is 2.36. The number of ether oxygens (including phenoxy) is 1. The Morgan fingerprint density at radius 1 is 1.41 bits per heavy atom. The number of pyridine rings is 1. The van der Waals surface area contributed by atoms with Gasteiger partial charge in [-0.05, 0) is 30.7 Å². The number of rotatable bonds is 3. The topological polar surface area (TPSA) is 42.4 Å². The average molecular weight is 235 g/mol. The van der Waals surface area contributed by atoms with Crippen LogP contribution >= 0.6 is 0 Å². The van der Waals surface area contributed by atoms with Crippen LogP contribution in [0.4, 0.5) is 0 Å². The maximum Gasteiger partial charge on any atom is 0.213 e. The summed E-state index contributed by atoms with van der Waals surface area (Å²) in [5, 5.41) is 10.4. The summed E-state index contributed by atoms with van der Waals surface area (Å²) in [6.07, 6.45) is 4.25. The van der Waals surface area contributed by atoms with E-state index >= 15 is 0 Å². The van der Waals surface area contributed by atoms with Crippen molar-refractivity contribution in [1.29, 1.82) is 0 Å². The fourth-order valence-corrected chi connectivity index (χ4v) is 2.72. The third-order valence-corrected chi connectivity index (χ3v) is 3.68. The first-order valence-corrected chi connectivity index (χ1v) is 6.39. The summed E-state index contributed by atoms with van der Waals surface area (Å²) in [6, 6.07) is 5.57. The van der Waals surface area contributed by atoms with Crippen LogP contribution in [0.2, 0.25) is 0 Å². The number of hydrogen-bond donors (Lipinski definition) is 1. The van der Waals surface area contributed by atoms with Crippen LogP contribution in [0.15, 0.2) is 18.2 Å². The van der Waals surface area contributed by atoms with Gasteiger partial charge >= 0.3 is 0 Å². The summed E-state index contributed by atoms with van der Waals surface area (Å²) < 4.78 is 5.09. The van der Waals surface area contributed by atoms with Crippen molar-refractivity contribution >= 4 is 0 Å². The van der Waals surface area contributed by atoms with Gasteiger partial charge in [0.05, 0.1) is 18.9 Å². The summed E-state index contributed by atoms with van der Waals surface area (Å²) in [6.45, 7) is 2.26. The van der Waals surface area contributed by atoms with Gasteiger partial charge in [-0.25, -0.2) is 4.98 Å². The molecule has 3 nitrogen and oxygen atoms in total. The van der Waals surface area contributed by atoms with Crippen molar-refractivity contribution < 1.29 is 9.84 Å². The first-order chi connectivity index (χ1) is 8.20. The molecule has 0 amide bonds. The predicted octanol–water partition coefficient (Wildman–Crippen LogP) is 2.95. The minimum absolute atomic E-state index is 0.346. The molecule has 1 aliphatic carbocycles. The van der Waals surface area contributed by atoms with Gasteiger partial charge in [0.15, 0.2) is 0 Å². The standard InChI is InChI=1S/C14H21NO2/c1-10-5-3-6-11(9-10)14(16)12-7-4-8-13(15-12)17-2/h4,7-8,10-11,14,16H,3,5-6,9H2,1-2H3. The number of methoxy groups -OCH3 is 1. The number of aromatic nitrogens is 1. The summed E-state index contributed by atoms with van der Waals surface area (Å²) >= 11 is 0. The lowest BCUT2D eigenvalue weighted by atomic mass is 9.79. The van der Waals surface area contributed by atoms with E-state index in [1.165, 1.54) is 12.8 Å². The van der Waals surface area contributed by atoms with Gasteiger partial charge in [-0.15, -0.1) is 0 Å². The molecule has 3 atom stereocenters. The molecule has 0 bridgehead atoms. The number of aliphatic hydroxyl groups is 1. The zero-order valence-corrected chi connectivity index (χ0v) is 10.6. The van der Waals surface area contributed by atoms with Gasteiger partial charge in [0.2, 0.25) is 5.88 Å². The Kier molecular flexibility index (Phi) is 4.00. The number of hydrogen-bond acceptors (Lipinski definition) is 3. The maximum absolute atomic E-state index is 10.4. The SMILES string of the molecule is COc1cccc(C(O)C2CCCC(C)C2)n1. The fourth-order valence-electron chi connectivity index (χ4n) is 2.72. The van der Waals surface area contributed by atoms with Gasteiger partial charge in [-0.3, -0.25) is 0 Å². The van der Waals surface area contributed by atoms with Gasteiger partial charge in [0.25, 0.3) is 0 Å². The third kappa shape index (κ3) is 2.97. The second-order valence-electron chi connectivity index (χ2n) is 5.08. The Labute approximate surface area is 103 Å². The zero-order chi connectivity index (χ0) is 12.3. The van der Waals surface area contributed by atoms with E-state index in [2.05, 4.69) is 11.9 Å². The largest absolute Gasteiger partial charge is 0.481 e. The van der Waals surface area contributed by atoms with Gasteiger partial charge in [0.1, 0.15) is 0 Å². The minimum Gasteiger partial charge on any atom is -0.481 e. The third-order valence-electron chi connectivity index (χ3n) is 3.68. The van der Waals surface area contributed by atoms with E-state index in [0.717, 1.165) is 18.5 Å². The molecule has 0 spiro atoms. The predicted molar refractivity (Wildman–Crippen MR) is 66.9 cm³/mol. The molecule has 0 radical (unpaired) electrons. The van der Waals surface area contributed by atoms with Crippen molar-refractivity contribution in [3.63, 3.8) is 0 Å². The molecular weight excluding hydrogens is 214 g/mol. The summed E-state index contributed by atoms with van der Waals surface area (Å²) in [7, 11) is 1.60. The molecule has 2 rings (SSSR count). The Bertz CT molecular complexity index is 367. The summed E-state index contributed by atoms with van der Waals surface area (Å²) in [5.74, 6) is 1.64. The Morgan fingerprint density at radius 2 is 2.24 bits per heavy atom. The maximum atomic E-state index is 10.4. The molecule has 1 N–H and O–H groups in total. The van der Waals surface area contributed by atoms with Crippen LogP contribution in [0.5, 0.6) is 5.88 Å². The van der Waals surface area contributed by atoms with Crippen LogP contribution < -0.4 is 4.74 Å². The molecule has 1 aromatic heterocycles. The van der Waals surface area contributed by atoms with E-state index in [1.54, 1.807) is 13.2 Å². The van der Waals surface area contributed by atoms with Gasteiger partial charge < -0.3 is 9.84 Å². The molecular formula is C14H21NO2. The highest BCUT2D eigenvalue weighted by molar-refractivity contribution is 5.17. The normalized spacial score (nSPS) is 26.5. The monoisotopic (exact) mass is 235 g/mol. The molecule has 1 fully saturated rings. The first kappa shape index (κ1) is 12.4. The highest BCUT2D eigenvalue weighted by Gasteiger charge is 2.27. The molecule has 17 heavy (non-hydrogen) atoms. The Hall–Kier alpha value is -1.09. The molecule has 94 valence electrons. The average Bonchev–Trinajstić information content (AvgIpc) is 2.38. The quantitative estimate of drug-likeness (QED) is 0.875. The van der Waals surface area contributed by atoms with Crippen molar-refractivity contribution in [2.45, 2.75) is 38.7 Å². The van der Waals surface area contributed by atoms with Crippen LogP contribution in [-0.4, -0.2) is 17.2 Å². The number of nitrogens with zero attached hydrogens (tertiary/aromatic N) is 1. The van der Waals surface area contributed by atoms with E-state index in [1.807, 2.05) is 12.1 Å². The molecule has 1 heterocycles. The summed E-state index contributed by atoms with van der Waals surface area (Å²) in [5.41, 5.74) is 0.739. The molecule has 0 aliphatic heterocycles. The fraction of sp³-hybridized carbons (Fsp3) is 0.643. The zero-order valence-electron chi connectivity index (χ0n) is 10.6. The van der Waals surface area contributed by atoms with Crippen molar-refractivity contribution in [3.05, 3.63) is 23.9 Å². The van der Waals surface area contributed by atoms with Crippen molar-refractivity contribution in [1.82, 2.24) is 4.98 Å². The molecule has 1 aliphatic rings. The van der Waals surface area contributed by atoms with E-state index in [0.29, 0.717) is 17.7 Å². The van der Waals surface area contributed by atoms with Crippen LogP contribution in [0.3, 0.4) is 0 Å². The minimum atomic E-state index is -0.451. The highest BCUT2D eigenvalue weighted by atomic mass is 16.5. The summed E-state index contributed by atoms with van der Waals surface area (Å²) in [4.78, 5) is 4.32. The second-order valence-corrected chi connectivity index (χ2v) is 5.08. The van der Waals surface area contributed by atoms with E-state index in [-0.39, 0.29) is 0 Å². The van der Waals surface area contributed by atoms with Crippen molar-refractivity contribution in [2.24, 2.45) is 11.8 Å². The molecule has 3 unspecified atom stereocenters. The Morgan fingerprint density at radius 3 is 2.94 bits per heavy atom. The van der Waals surface area contributed by atoms with E-state index in [9.17, 15) is 5.11 Å². The van der Waals surface area contributed by atoms with Crippen molar-refractivity contribution in [2.75, 3.05) is 7.11 Å². The lowest BCUT2D eigenvalue weighted by Gasteiger charge is -2.30. The lowest BCUT2D eigenvalue weighted by molar-refractivity contribution is 0.0676. The van der Waals surface area contributed by atoms with Gasteiger partial charge in [-0.2, -0.15) is 0 Å². The van der Waals surface area contributed by atoms with Crippen LogP contribution in [-0.2, 0) is 0 Å². The number of aliphatic hydroxyl groups excluding tert-OH is 1. The van der Waals surface area contributed by atoms with Crippen molar-refractivity contribution in [3.8, 4) is 5.88 Å². The molecule has 0 aromatic carbocycles. The van der Waals surface area contributed by atoms with Crippen LogP contribution in [0.1, 0.15) is 44.4 Å². The van der Waals surface area contributed by atoms with Gasteiger partial charge in [0, 0.05) is 6.07 Å². The van der Waals surface area contributed by atoms with E-state index < -0.39 is 6.10 Å². The van der Waals surface area contributed by atoms with E-state index in [4.69, 9.17) is 4.74 Å². The van der Waals surface area contributed by atoms with Gasteiger partial charge in [-0.1, -0.05) is 25.8 Å². The first-order valence-electron chi connectivity index (χ1n) is 6.39. The molecule has 1 aromatic rings. The Balaban J connectivity index is 2.09. The van der Waals surface area contributed by atoms with Crippen LogP contribution in [0.25, 0.3) is 0 Å². The molecule has 3 heteroatoms. The lowest BCUT2D eigenvalue weighted by Crippen LogP contribution is -2.21. The second kappa shape index (κ2) is 5.50. The molecule has 0 saturated heterocycles.